The van der Waals surface area contributed by atoms with Gasteiger partial charge in [-0.15, -0.1) is 0 Å². The molecule has 0 unspecified atom stereocenters. The van der Waals surface area contributed by atoms with Crippen LogP contribution in [0.1, 0.15) is 23.6 Å². The standard InChI is InChI=1S/C24H24ClN3O4/c1-12-16(25)9-8-15-19(12)26-23(32)24(15)18-17(20(27-24)13(2)29)21(30)28(22(18)31)11-10-14-6-4-3-5-7-14/h3-9,13,17-18,20,27,29H,10-11H2,1-2H3,(H,26,32)/t13-,17+,18-,20-,24+/m1/s1. The van der Waals surface area contributed by atoms with Crippen LogP contribution < -0.4 is 10.6 Å². The Morgan fingerprint density at radius 1 is 1.12 bits per heavy atom. The molecule has 2 saturated heterocycles. The number of hydrogen-bond acceptors (Lipinski definition) is 5. The number of likely N-dealkylation sites (tertiary alicyclic amines) is 1. The predicted molar refractivity (Wildman–Crippen MR) is 119 cm³/mol. The van der Waals surface area contributed by atoms with Crippen LogP contribution in [0.25, 0.3) is 0 Å². The summed E-state index contributed by atoms with van der Waals surface area (Å²) in [4.78, 5) is 41.7. The van der Waals surface area contributed by atoms with Crippen LogP contribution in [-0.2, 0) is 26.3 Å². The average molecular weight is 454 g/mol. The molecule has 8 heteroatoms. The Morgan fingerprint density at radius 3 is 2.53 bits per heavy atom. The van der Waals surface area contributed by atoms with Gasteiger partial charge in [-0.05, 0) is 37.5 Å². The number of carbonyl (C=O) groups is 3. The van der Waals surface area contributed by atoms with Gasteiger partial charge in [-0.3, -0.25) is 24.6 Å². The number of aliphatic hydroxyl groups excluding tert-OH is 1. The highest BCUT2D eigenvalue weighted by molar-refractivity contribution is 6.32. The lowest BCUT2D eigenvalue weighted by molar-refractivity contribution is -0.143. The molecule has 0 aliphatic carbocycles. The molecule has 5 atom stereocenters. The summed E-state index contributed by atoms with van der Waals surface area (Å²) in [6, 6.07) is 12.3. The summed E-state index contributed by atoms with van der Waals surface area (Å²) in [5.41, 5.74) is 1.44. The highest BCUT2D eigenvalue weighted by Crippen LogP contribution is 2.54. The molecular weight excluding hydrogens is 430 g/mol. The highest BCUT2D eigenvalue weighted by Gasteiger charge is 2.71. The van der Waals surface area contributed by atoms with Crippen LogP contribution in [0.4, 0.5) is 5.69 Å². The molecule has 0 saturated carbocycles. The van der Waals surface area contributed by atoms with E-state index in [2.05, 4.69) is 10.6 Å². The van der Waals surface area contributed by atoms with Gasteiger partial charge in [0.2, 0.25) is 17.7 Å². The topological polar surface area (TPSA) is 98.7 Å². The molecule has 2 aromatic carbocycles. The molecule has 5 rings (SSSR count). The van der Waals surface area contributed by atoms with Gasteiger partial charge in [0.05, 0.1) is 23.6 Å². The van der Waals surface area contributed by atoms with Crippen molar-refractivity contribution in [3.8, 4) is 0 Å². The molecule has 7 nitrogen and oxygen atoms in total. The molecule has 2 fully saturated rings. The van der Waals surface area contributed by atoms with Crippen molar-refractivity contribution in [2.75, 3.05) is 11.9 Å². The smallest absolute Gasteiger partial charge is 0.250 e. The molecule has 166 valence electrons. The van der Waals surface area contributed by atoms with Gasteiger partial charge >= 0.3 is 0 Å². The number of hydrogen-bond donors (Lipinski definition) is 3. The highest BCUT2D eigenvalue weighted by atomic mass is 35.5. The second kappa shape index (κ2) is 7.40. The summed E-state index contributed by atoms with van der Waals surface area (Å²) < 4.78 is 0. The van der Waals surface area contributed by atoms with Crippen LogP contribution >= 0.6 is 11.6 Å². The maximum atomic E-state index is 13.6. The number of nitrogens with zero attached hydrogens (tertiary/aromatic N) is 1. The molecule has 0 aromatic heterocycles. The van der Waals surface area contributed by atoms with Crippen LogP contribution in [0.15, 0.2) is 42.5 Å². The van der Waals surface area contributed by atoms with Crippen LogP contribution in [-0.4, -0.2) is 46.4 Å². The zero-order valence-corrected chi connectivity index (χ0v) is 18.5. The largest absolute Gasteiger partial charge is 0.392 e. The van der Waals surface area contributed by atoms with E-state index in [0.29, 0.717) is 28.3 Å². The van der Waals surface area contributed by atoms with Crippen LogP contribution in [0.3, 0.4) is 0 Å². The predicted octanol–water partition coefficient (Wildman–Crippen LogP) is 1.99. The lowest BCUT2D eigenvalue weighted by Gasteiger charge is -2.30. The SMILES string of the molecule is Cc1c(Cl)ccc2c1NC(=O)[C@]21N[C@H]([C@@H](C)O)[C@H]2C(=O)N(CCc3ccccc3)C(=O)[C@@H]21. The van der Waals surface area contributed by atoms with E-state index < -0.39 is 35.4 Å². The molecule has 3 heterocycles. The van der Waals surface area contributed by atoms with E-state index >= 15 is 0 Å². The molecule has 3 aliphatic heterocycles. The monoisotopic (exact) mass is 453 g/mol. The first-order chi connectivity index (χ1) is 15.3. The molecule has 3 aliphatic rings. The van der Waals surface area contributed by atoms with Gasteiger partial charge < -0.3 is 10.4 Å². The summed E-state index contributed by atoms with van der Waals surface area (Å²) in [6.07, 6.45) is -0.410. The van der Waals surface area contributed by atoms with Crippen molar-refractivity contribution in [1.29, 1.82) is 0 Å². The number of fused-ring (bicyclic) bond motifs is 4. The number of amides is 3. The van der Waals surface area contributed by atoms with Gasteiger partial charge in [0.1, 0.15) is 5.54 Å². The first-order valence-electron chi connectivity index (χ1n) is 10.7. The number of halogens is 1. The van der Waals surface area contributed by atoms with E-state index in [4.69, 9.17) is 11.6 Å². The molecule has 2 aromatic rings. The van der Waals surface area contributed by atoms with Crippen molar-refractivity contribution in [3.63, 3.8) is 0 Å². The molecule has 3 N–H and O–H groups in total. The number of aliphatic hydroxyl groups is 1. The molecular formula is C24H24ClN3O4. The molecule has 0 radical (unpaired) electrons. The molecule has 1 spiro atoms. The summed E-state index contributed by atoms with van der Waals surface area (Å²) in [7, 11) is 0. The fraction of sp³-hybridized carbons (Fsp3) is 0.375. The lowest BCUT2D eigenvalue weighted by Crippen LogP contribution is -2.55. The minimum Gasteiger partial charge on any atom is -0.392 e. The van der Waals surface area contributed by atoms with Gasteiger partial charge in [0.25, 0.3) is 0 Å². The Kier molecular flexibility index (Phi) is 4.89. The van der Waals surface area contributed by atoms with Crippen LogP contribution in [0, 0.1) is 18.8 Å². The maximum Gasteiger partial charge on any atom is 0.250 e. The summed E-state index contributed by atoms with van der Waals surface area (Å²) in [5, 5.41) is 17.0. The van der Waals surface area contributed by atoms with Crippen molar-refractivity contribution < 1.29 is 19.5 Å². The van der Waals surface area contributed by atoms with Crippen molar-refractivity contribution in [2.45, 2.75) is 38.0 Å². The molecule has 3 amide bonds. The first kappa shape index (κ1) is 21.1. The summed E-state index contributed by atoms with van der Waals surface area (Å²) >= 11 is 6.26. The Labute approximate surface area is 190 Å². The third-order valence-electron chi connectivity index (χ3n) is 7.10. The van der Waals surface area contributed by atoms with E-state index in [1.165, 1.54) is 4.90 Å². The van der Waals surface area contributed by atoms with Crippen molar-refractivity contribution in [3.05, 3.63) is 64.2 Å². The lowest BCUT2D eigenvalue weighted by atomic mass is 9.76. The number of benzene rings is 2. The van der Waals surface area contributed by atoms with Crippen molar-refractivity contribution in [1.82, 2.24) is 10.2 Å². The van der Waals surface area contributed by atoms with E-state index in [-0.39, 0.29) is 18.4 Å². The van der Waals surface area contributed by atoms with E-state index in [9.17, 15) is 19.5 Å². The van der Waals surface area contributed by atoms with Crippen LogP contribution in [0.5, 0.6) is 0 Å². The van der Waals surface area contributed by atoms with Gasteiger partial charge in [-0.2, -0.15) is 0 Å². The van der Waals surface area contributed by atoms with Crippen molar-refractivity contribution >= 4 is 35.0 Å². The van der Waals surface area contributed by atoms with E-state index in [1.54, 1.807) is 26.0 Å². The Balaban J connectivity index is 1.57. The third-order valence-corrected chi connectivity index (χ3v) is 7.51. The van der Waals surface area contributed by atoms with Gasteiger partial charge in [-0.1, -0.05) is 48.0 Å². The maximum absolute atomic E-state index is 13.6. The molecule has 32 heavy (non-hydrogen) atoms. The fourth-order valence-corrected chi connectivity index (χ4v) is 5.66. The summed E-state index contributed by atoms with van der Waals surface area (Å²) in [5.74, 6) is -2.90. The summed E-state index contributed by atoms with van der Waals surface area (Å²) in [6.45, 7) is 3.59. The normalized spacial score (nSPS) is 29.4. The Bertz CT molecular complexity index is 1140. The molecule has 0 bridgehead atoms. The second-order valence-electron chi connectivity index (χ2n) is 8.83. The van der Waals surface area contributed by atoms with Crippen LogP contribution in [0.2, 0.25) is 5.02 Å². The first-order valence-corrected chi connectivity index (χ1v) is 11.1. The zero-order valence-electron chi connectivity index (χ0n) is 17.8. The average Bonchev–Trinajstić information content (AvgIpc) is 3.36. The van der Waals surface area contributed by atoms with E-state index in [1.807, 2.05) is 30.3 Å². The van der Waals surface area contributed by atoms with Crippen molar-refractivity contribution in [2.24, 2.45) is 11.8 Å². The number of carbonyl (C=O) groups excluding carboxylic acids is 3. The Morgan fingerprint density at radius 2 is 1.84 bits per heavy atom. The van der Waals surface area contributed by atoms with Gasteiger partial charge in [-0.25, -0.2) is 0 Å². The number of rotatable bonds is 4. The Hall–Kier alpha value is -2.74. The van der Waals surface area contributed by atoms with Gasteiger partial charge in [0, 0.05) is 23.2 Å². The minimum absolute atomic E-state index is 0.228. The quantitative estimate of drug-likeness (QED) is 0.615. The van der Waals surface area contributed by atoms with Gasteiger partial charge in [0.15, 0.2) is 0 Å². The minimum atomic E-state index is -1.43. The zero-order chi connectivity index (χ0) is 22.8. The number of nitrogens with one attached hydrogen (secondary N) is 2. The number of imide groups is 1. The number of anilines is 1. The van der Waals surface area contributed by atoms with E-state index in [0.717, 1.165) is 5.56 Å². The third kappa shape index (κ3) is 2.78. The second-order valence-corrected chi connectivity index (χ2v) is 9.24. The fourth-order valence-electron chi connectivity index (χ4n) is 5.50.